The maximum Gasteiger partial charge on any atom is 0.494 e. The molecule has 34 heavy (non-hydrogen) atoms. The fourth-order valence-corrected chi connectivity index (χ4v) is 5.09. The normalized spacial score (nSPS) is 26.4. The van der Waals surface area contributed by atoms with Gasteiger partial charge in [0.1, 0.15) is 11.4 Å². The van der Waals surface area contributed by atoms with Crippen molar-refractivity contribution >= 4 is 24.1 Å². The van der Waals surface area contributed by atoms with E-state index < -0.39 is 29.5 Å². The van der Waals surface area contributed by atoms with Gasteiger partial charge in [0.15, 0.2) is 11.4 Å². The molecule has 2 aromatic rings. The van der Waals surface area contributed by atoms with Gasteiger partial charge in [0, 0.05) is 29.5 Å². The Balaban J connectivity index is 1.47. The zero-order valence-electron chi connectivity index (χ0n) is 21.1. The van der Waals surface area contributed by atoms with Crippen molar-refractivity contribution in [1.29, 1.82) is 0 Å². The van der Waals surface area contributed by atoms with Crippen LogP contribution < -0.4 is 5.46 Å². The summed E-state index contributed by atoms with van der Waals surface area (Å²) in [5.74, 6) is 0.354. The van der Waals surface area contributed by atoms with E-state index in [0.717, 1.165) is 22.2 Å². The van der Waals surface area contributed by atoms with Crippen molar-refractivity contribution in [3.63, 3.8) is 0 Å². The third-order valence-electron chi connectivity index (χ3n) is 7.74. The molecule has 1 N–H and O–H groups in total. The average Bonchev–Trinajstić information content (AvgIpc) is 3.18. The molecular weight excluding hydrogens is 427 g/mol. The Morgan fingerprint density at radius 3 is 2.18 bits per heavy atom. The van der Waals surface area contributed by atoms with Gasteiger partial charge in [-0.1, -0.05) is 48.0 Å². The Bertz CT molecular complexity index is 1190. The number of aliphatic hydroxyl groups is 1. The van der Waals surface area contributed by atoms with E-state index in [1.165, 1.54) is 0 Å². The maximum absolute atomic E-state index is 13.7. The largest absolute Gasteiger partial charge is 0.494 e. The zero-order valence-corrected chi connectivity index (χ0v) is 21.1. The molecule has 1 fully saturated rings. The zero-order chi connectivity index (χ0) is 24.7. The summed E-state index contributed by atoms with van der Waals surface area (Å²) in [6.45, 7) is 14.0. The van der Waals surface area contributed by atoms with Crippen LogP contribution in [0, 0.1) is 6.92 Å². The minimum Gasteiger partial charge on any atom is -0.486 e. The van der Waals surface area contributed by atoms with Crippen LogP contribution in [0.1, 0.15) is 70.2 Å². The highest BCUT2D eigenvalue weighted by molar-refractivity contribution is 6.62. The number of benzene rings is 2. The highest BCUT2D eigenvalue weighted by atomic mass is 16.7. The van der Waals surface area contributed by atoms with Crippen LogP contribution in [0.25, 0.3) is 5.76 Å². The third kappa shape index (κ3) is 3.55. The SMILES string of the molecule is Cc1ccc2c(c1)C(O)(Cc1ccc(B3OC(C)(C)C(C)(C)O3)cc1)C(=O)C1=C2OC(C)(C)C1. The molecule has 2 aromatic carbocycles. The van der Waals surface area contributed by atoms with E-state index in [2.05, 4.69) is 0 Å². The molecule has 0 amide bonds. The summed E-state index contributed by atoms with van der Waals surface area (Å²) >= 11 is 0. The van der Waals surface area contributed by atoms with Crippen LogP contribution in [0.15, 0.2) is 48.0 Å². The number of ether oxygens (including phenoxy) is 1. The van der Waals surface area contributed by atoms with Crippen molar-refractivity contribution in [3.8, 4) is 0 Å². The van der Waals surface area contributed by atoms with E-state index in [4.69, 9.17) is 14.0 Å². The first-order valence-electron chi connectivity index (χ1n) is 12.0. The standard InChI is InChI=1S/C28H33BO5/c1-17-8-13-20-22(14-17)28(31,24(30)21-16-25(2,3)32-23(20)21)15-18-9-11-19(12-10-18)29-33-26(4,5)27(6,7)34-29/h8-14,31H,15-16H2,1-7H3. The molecule has 1 unspecified atom stereocenters. The first kappa shape index (κ1) is 23.3. The molecule has 5 nitrogen and oxygen atoms in total. The number of aryl methyl sites for hydroxylation is 1. The lowest BCUT2D eigenvalue weighted by Crippen LogP contribution is -2.42. The molecule has 0 spiro atoms. The van der Waals surface area contributed by atoms with Gasteiger partial charge in [-0.25, -0.2) is 0 Å². The highest BCUT2D eigenvalue weighted by Gasteiger charge is 2.53. The van der Waals surface area contributed by atoms with Gasteiger partial charge in [0.2, 0.25) is 0 Å². The number of ketones is 1. The van der Waals surface area contributed by atoms with E-state index in [0.29, 0.717) is 23.3 Å². The Morgan fingerprint density at radius 1 is 0.941 bits per heavy atom. The van der Waals surface area contributed by atoms with Gasteiger partial charge in [-0.05, 0) is 59.5 Å². The molecule has 0 saturated carbocycles. The molecule has 2 heterocycles. The number of Topliss-reactive ketones (excluding diaryl/α,β-unsaturated/α-hetero) is 1. The van der Waals surface area contributed by atoms with Gasteiger partial charge < -0.3 is 19.2 Å². The Morgan fingerprint density at radius 2 is 1.56 bits per heavy atom. The van der Waals surface area contributed by atoms with Crippen LogP contribution in [0.2, 0.25) is 0 Å². The molecular formula is C28H33BO5. The van der Waals surface area contributed by atoms with Gasteiger partial charge >= 0.3 is 7.12 Å². The molecule has 0 radical (unpaired) electrons. The lowest BCUT2D eigenvalue weighted by molar-refractivity contribution is -0.134. The molecule has 178 valence electrons. The second kappa shape index (κ2) is 7.30. The molecule has 1 saturated heterocycles. The van der Waals surface area contributed by atoms with Crippen LogP contribution in [0.5, 0.6) is 0 Å². The van der Waals surface area contributed by atoms with Gasteiger partial charge in [-0.2, -0.15) is 0 Å². The van der Waals surface area contributed by atoms with E-state index in [9.17, 15) is 9.90 Å². The van der Waals surface area contributed by atoms with E-state index >= 15 is 0 Å². The maximum atomic E-state index is 13.7. The number of hydrogen-bond acceptors (Lipinski definition) is 5. The predicted octanol–water partition coefficient (Wildman–Crippen LogP) is 4.22. The predicted molar refractivity (Wildman–Crippen MR) is 133 cm³/mol. The Labute approximate surface area is 202 Å². The van der Waals surface area contributed by atoms with E-state index in [1.54, 1.807) is 0 Å². The third-order valence-corrected chi connectivity index (χ3v) is 7.74. The van der Waals surface area contributed by atoms with Crippen molar-refractivity contribution in [1.82, 2.24) is 0 Å². The monoisotopic (exact) mass is 460 g/mol. The molecule has 6 heteroatoms. The first-order chi connectivity index (χ1) is 15.7. The molecule has 2 aliphatic heterocycles. The van der Waals surface area contributed by atoms with E-state index in [1.807, 2.05) is 90.9 Å². The lowest BCUT2D eigenvalue weighted by atomic mass is 9.72. The van der Waals surface area contributed by atoms with Crippen LogP contribution in [0.4, 0.5) is 0 Å². The summed E-state index contributed by atoms with van der Waals surface area (Å²) < 4.78 is 18.5. The average molecular weight is 460 g/mol. The molecule has 5 rings (SSSR count). The molecule has 1 aliphatic carbocycles. The Kier molecular flexibility index (Phi) is 5.01. The second-order valence-corrected chi connectivity index (χ2v) is 11.6. The molecule has 1 atom stereocenters. The van der Waals surface area contributed by atoms with Crippen LogP contribution >= 0.6 is 0 Å². The fraction of sp³-hybridized carbons (Fsp3) is 0.464. The van der Waals surface area contributed by atoms with Crippen molar-refractivity contribution in [2.24, 2.45) is 0 Å². The van der Waals surface area contributed by atoms with Crippen LogP contribution in [0.3, 0.4) is 0 Å². The quantitative estimate of drug-likeness (QED) is 0.696. The van der Waals surface area contributed by atoms with Crippen molar-refractivity contribution in [2.45, 2.75) is 83.7 Å². The first-order valence-corrected chi connectivity index (χ1v) is 12.0. The van der Waals surface area contributed by atoms with Crippen molar-refractivity contribution in [2.75, 3.05) is 0 Å². The number of fused-ring (bicyclic) bond motifs is 2. The summed E-state index contributed by atoms with van der Waals surface area (Å²) in [4.78, 5) is 13.7. The number of carbonyl (C=O) groups is 1. The summed E-state index contributed by atoms with van der Waals surface area (Å²) in [5, 5.41) is 11.9. The fourth-order valence-electron chi connectivity index (χ4n) is 5.09. The smallest absolute Gasteiger partial charge is 0.486 e. The summed E-state index contributed by atoms with van der Waals surface area (Å²) in [5.41, 5.74) is 1.83. The number of rotatable bonds is 3. The van der Waals surface area contributed by atoms with E-state index in [-0.39, 0.29) is 12.2 Å². The van der Waals surface area contributed by atoms with Gasteiger partial charge in [-0.3, -0.25) is 4.79 Å². The molecule has 0 aromatic heterocycles. The minimum absolute atomic E-state index is 0.184. The van der Waals surface area contributed by atoms with Crippen molar-refractivity contribution < 1.29 is 23.9 Å². The Hall–Kier alpha value is -2.41. The lowest BCUT2D eigenvalue weighted by Gasteiger charge is -2.33. The van der Waals surface area contributed by atoms with Crippen LogP contribution in [-0.4, -0.2) is 34.8 Å². The minimum atomic E-state index is -1.64. The topological polar surface area (TPSA) is 65.0 Å². The van der Waals surface area contributed by atoms with Gasteiger partial charge in [0.05, 0.1) is 11.2 Å². The molecule has 3 aliphatic rings. The van der Waals surface area contributed by atoms with Crippen molar-refractivity contribution in [3.05, 3.63) is 70.3 Å². The van der Waals surface area contributed by atoms with Crippen LogP contribution in [-0.2, 0) is 30.9 Å². The number of hydrogen-bond donors (Lipinski definition) is 1. The molecule has 0 bridgehead atoms. The summed E-state index contributed by atoms with van der Waals surface area (Å²) in [7, 11) is -0.451. The second-order valence-electron chi connectivity index (χ2n) is 11.6. The summed E-state index contributed by atoms with van der Waals surface area (Å²) in [6, 6.07) is 13.7. The summed E-state index contributed by atoms with van der Waals surface area (Å²) in [6.07, 6.45) is 0.667. The number of carbonyl (C=O) groups excluding carboxylic acids is 1. The highest BCUT2D eigenvalue weighted by Crippen LogP contribution is 2.49. The van der Waals surface area contributed by atoms with Gasteiger partial charge in [-0.15, -0.1) is 0 Å². The van der Waals surface area contributed by atoms with Gasteiger partial charge in [0.25, 0.3) is 0 Å².